The average molecular weight is 548 g/mol. The summed E-state index contributed by atoms with van der Waals surface area (Å²) in [4.78, 5) is 8.81. The second-order valence-corrected chi connectivity index (χ2v) is 6.75. The summed E-state index contributed by atoms with van der Waals surface area (Å²) in [5.74, 6) is 0.606. The number of aryl methyl sites for hydroxylation is 1. The number of nitrogens with two attached hydrogens (primary N) is 1. The quantitative estimate of drug-likeness (QED) is 0.172. The van der Waals surface area contributed by atoms with E-state index >= 15 is 0 Å². The lowest BCUT2D eigenvalue weighted by atomic mass is 10.1. The van der Waals surface area contributed by atoms with E-state index in [-0.39, 0.29) is 35.6 Å². The third-order valence-corrected chi connectivity index (χ3v) is 4.53. The molecule has 0 aliphatic carbocycles. The molecule has 3 rings (SSSR count). The highest BCUT2D eigenvalue weighted by Crippen LogP contribution is 2.21. The molecule has 0 saturated heterocycles. The molecule has 2 aromatic heterocycles. The molecular formula is C22H26FIN8. The van der Waals surface area contributed by atoms with Gasteiger partial charge in [0.05, 0.1) is 23.6 Å². The van der Waals surface area contributed by atoms with Crippen molar-refractivity contribution in [1.82, 2.24) is 25.4 Å². The number of rotatable bonds is 8. The Balaban J connectivity index is 0.00000363. The van der Waals surface area contributed by atoms with Crippen molar-refractivity contribution in [3.63, 3.8) is 0 Å². The van der Waals surface area contributed by atoms with Crippen molar-refractivity contribution in [2.45, 2.75) is 26.3 Å². The summed E-state index contributed by atoms with van der Waals surface area (Å²) in [6, 6.07) is 13.7. The zero-order valence-electron chi connectivity index (χ0n) is 17.8. The molecule has 32 heavy (non-hydrogen) atoms. The number of anilines is 1. The van der Waals surface area contributed by atoms with Gasteiger partial charge >= 0.3 is 0 Å². The van der Waals surface area contributed by atoms with Gasteiger partial charge in [-0.1, -0.05) is 6.07 Å². The molecule has 0 saturated carbocycles. The summed E-state index contributed by atoms with van der Waals surface area (Å²) in [5.41, 5.74) is 8.56. The van der Waals surface area contributed by atoms with E-state index < -0.39 is 0 Å². The topological polar surface area (TPSA) is 117 Å². The van der Waals surface area contributed by atoms with Crippen molar-refractivity contribution in [1.29, 1.82) is 5.26 Å². The summed E-state index contributed by atoms with van der Waals surface area (Å²) >= 11 is 0. The lowest BCUT2D eigenvalue weighted by Crippen LogP contribution is -2.37. The zero-order valence-corrected chi connectivity index (χ0v) is 20.1. The van der Waals surface area contributed by atoms with Gasteiger partial charge < -0.3 is 16.4 Å². The molecule has 0 radical (unpaired) electrons. The van der Waals surface area contributed by atoms with Crippen LogP contribution in [0.2, 0.25) is 0 Å². The van der Waals surface area contributed by atoms with Gasteiger partial charge in [0.1, 0.15) is 23.3 Å². The molecule has 0 amide bonds. The maximum atomic E-state index is 13.2. The molecule has 10 heteroatoms. The fraction of sp³-hybridized carbons (Fsp3) is 0.273. The number of halogens is 2. The van der Waals surface area contributed by atoms with Crippen molar-refractivity contribution < 1.29 is 4.39 Å². The first-order valence-corrected chi connectivity index (χ1v) is 10.1. The van der Waals surface area contributed by atoms with Gasteiger partial charge in [0.25, 0.3) is 0 Å². The van der Waals surface area contributed by atoms with Gasteiger partial charge in [0.15, 0.2) is 5.96 Å². The highest BCUT2D eigenvalue weighted by Gasteiger charge is 2.16. The van der Waals surface area contributed by atoms with E-state index in [0.717, 1.165) is 18.7 Å². The van der Waals surface area contributed by atoms with E-state index in [1.54, 1.807) is 18.3 Å². The largest absolute Gasteiger partial charge is 0.382 e. The first kappa shape index (κ1) is 25.1. The van der Waals surface area contributed by atoms with Crippen LogP contribution < -0.4 is 16.4 Å². The lowest BCUT2D eigenvalue weighted by molar-refractivity contribution is 0.627. The Hall–Kier alpha value is -3.20. The average Bonchev–Trinajstić information content (AvgIpc) is 3.11. The summed E-state index contributed by atoms with van der Waals surface area (Å²) in [7, 11) is 0. The van der Waals surface area contributed by atoms with Crippen LogP contribution in [0.15, 0.2) is 53.7 Å². The molecule has 0 spiro atoms. The van der Waals surface area contributed by atoms with Crippen LogP contribution in [-0.4, -0.2) is 33.8 Å². The smallest absolute Gasteiger partial charge is 0.191 e. The lowest BCUT2D eigenvalue weighted by Gasteiger charge is -2.10. The SMILES string of the molecule is CCNC(=NCc1ccccn1)NCCCc1nn(-c2ccc(F)cc2)c(N)c1C#N.I. The number of hydrogen-bond acceptors (Lipinski definition) is 5. The number of nitriles is 1. The van der Waals surface area contributed by atoms with Crippen LogP contribution in [0.3, 0.4) is 0 Å². The van der Waals surface area contributed by atoms with Crippen molar-refractivity contribution in [3.8, 4) is 11.8 Å². The molecule has 0 aliphatic heterocycles. The molecule has 1 aromatic carbocycles. The van der Waals surface area contributed by atoms with Crippen LogP contribution in [-0.2, 0) is 13.0 Å². The van der Waals surface area contributed by atoms with E-state index in [1.165, 1.54) is 16.8 Å². The van der Waals surface area contributed by atoms with E-state index in [4.69, 9.17) is 5.73 Å². The molecule has 0 bridgehead atoms. The number of hydrogen-bond donors (Lipinski definition) is 3. The van der Waals surface area contributed by atoms with Crippen LogP contribution in [0.5, 0.6) is 0 Å². The van der Waals surface area contributed by atoms with Crippen molar-refractivity contribution >= 4 is 35.8 Å². The van der Waals surface area contributed by atoms with E-state index in [9.17, 15) is 9.65 Å². The van der Waals surface area contributed by atoms with Crippen molar-refractivity contribution in [2.24, 2.45) is 4.99 Å². The number of aromatic nitrogens is 3. The number of aliphatic imine (C=N–C) groups is 1. The fourth-order valence-corrected chi connectivity index (χ4v) is 3.01. The molecule has 0 atom stereocenters. The number of benzene rings is 1. The molecule has 3 aromatic rings. The molecule has 0 fully saturated rings. The third-order valence-electron chi connectivity index (χ3n) is 4.53. The summed E-state index contributed by atoms with van der Waals surface area (Å²) in [5, 5.41) is 20.5. The summed E-state index contributed by atoms with van der Waals surface area (Å²) < 4.78 is 14.7. The first-order chi connectivity index (χ1) is 15.1. The fourth-order valence-electron chi connectivity index (χ4n) is 3.01. The molecular weight excluding hydrogens is 522 g/mol. The van der Waals surface area contributed by atoms with Crippen LogP contribution in [0.4, 0.5) is 10.2 Å². The third kappa shape index (κ3) is 6.65. The number of pyridine rings is 1. The minimum atomic E-state index is -0.345. The van der Waals surface area contributed by atoms with Crippen molar-refractivity contribution in [3.05, 3.63) is 71.4 Å². The van der Waals surface area contributed by atoms with Gasteiger partial charge in [-0.25, -0.2) is 14.1 Å². The van der Waals surface area contributed by atoms with Gasteiger partial charge in [-0.2, -0.15) is 10.4 Å². The Morgan fingerprint density at radius 2 is 2.00 bits per heavy atom. The number of nitrogens with one attached hydrogen (secondary N) is 2. The predicted octanol–water partition coefficient (Wildman–Crippen LogP) is 3.17. The maximum Gasteiger partial charge on any atom is 0.191 e. The van der Waals surface area contributed by atoms with Gasteiger partial charge in [0, 0.05) is 19.3 Å². The van der Waals surface area contributed by atoms with Gasteiger partial charge in [-0.15, -0.1) is 24.0 Å². The monoisotopic (exact) mass is 548 g/mol. The molecule has 4 N–H and O–H groups in total. The Labute approximate surface area is 203 Å². The van der Waals surface area contributed by atoms with E-state index in [0.29, 0.717) is 42.4 Å². The Bertz CT molecular complexity index is 1060. The predicted molar refractivity (Wildman–Crippen MR) is 133 cm³/mol. The first-order valence-electron chi connectivity index (χ1n) is 10.1. The van der Waals surface area contributed by atoms with Crippen LogP contribution in [0, 0.1) is 17.1 Å². The van der Waals surface area contributed by atoms with Crippen molar-refractivity contribution in [2.75, 3.05) is 18.8 Å². The van der Waals surface area contributed by atoms with E-state index in [2.05, 4.69) is 31.8 Å². The van der Waals surface area contributed by atoms with E-state index in [1.807, 2.05) is 25.1 Å². The molecule has 0 aliphatic rings. The molecule has 168 valence electrons. The highest BCUT2D eigenvalue weighted by atomic mass is 127. The Morgan fingerprint density at radius 3 is 2.66 bits per heavy atom. The standard InChI is InChI=1S/C22H25FN8.HI/c1-2-26-22(29-15-17-6-3-4-12-27-17)28-13-5-7-20-19(14-24)21(25)31(30-20)18-10-8-16(23)9-11-18;/h3-4,6,8-12H,2,5,7,13,15,25H2,1H3,(H2,26,28,29);1H. The molecule has 0 unspecified atom stereocenters. The zero-order chi connectivity index (χ0) is 22.1. The van der Waals surface area contributed by atoms with Gasteiger partial charge in [-0.05, 0) is 56.2 Å². The summed E-state index contributed by atoms with van der Waals surface area (Å²) in [6.07, 6.45) is 3.03. The van der Waals surface area contributed by atoms with Gasteiger partial charge in [-0.3, -0.25) is 4.98 Å². The van der Waals surface area contributed by atoms with Crippen LogP contribution >= 0.6 is 24.0 Å². The normalized spacial score (nSPS) is 10.8. The van der Waals surface area contributed by atoms with Crippen LogP contribution in [0.1, 0.15) is 30.3 Å². The summed E-state index contributed by atoms with van der Waals surface area (Å²) in [6.45, 7) is 3.86. The number of nitrogens with zero attached hydrogens (tertiary/aromatic N) is 5. The Kier molecular flexibility index (Phi) is 9.87. The van der Waals surface area contributed by atoms with Gasteiger partial charge in [0.2, 0.25) is 0 Å². The highest BCUT2D eigenvalue weighted by molar-refractivity contribution is 14.0. The molecule has 2 heterocycles. The van der Waals surface area contributed by atoms with Crippen LogP contribution in [0.25, 0.3) is 5.69 Å². The molecule has 8 nitrogen and oxygen atoms in total. The second kappa shape index (κ2) is 12.6. The minimum absolute atomic E-state index is 0. The minimum Gasteiger partial charge on any atom is -0.382 e. The number of guanidine groups is 1. The maximum absolute atomic E-state index is 13.2. The Morgan fingerprint density at radius 1 is 1.22 bits per heavy atom. The second-order valence-electron chi connectivity index (χ2n) is 6.75. The number of nitrogen functional groups attached to an aromatic ring is 1.